The largest absolute Gasteiger partial charge is 0.469 e. The predicted octanol–water partition coefficient (Wildman–Crippen LogP) is 3.54. The van der Waals surface area contributed by atoms with Gasteiger partial charge in [-0.3, -0.25) is 0 Å². The second kappa shape index (κ2) is 5.96. The Morgan fingerprint density at radius 2 is 2.07 bits per heavy atom. The van der Waals surface area contributed by atoms with Gasteiger partial charge in [0.15, 0.2) is 0 Å². The molecule has 0 saturated carbocycles. The Balaban J connectivity index is 2.78. The summed E-state index contributed by atoms with van der Waals surface area (Å²) in [4.78, 5) is 0. The van der Waals surface area contributed by atoms with Gasteiger partial charge in [-0.05, 0) is 24.9 Å². The second-order valence-corrected chi connectivity index (χ2v) is 4.39. The van der Waals surface area contributed by atoms with Crippen LogP contribution in [0.15, 0.2) is 16.7 Å². The van der Waals surface area contributed by atoms with Crippen LogP contribution in [-0.2, 0) is 6.42 Å². The van der Waals surface area contributed by atoms with E-state index in [-0.39, 0.29) is 0 Å². The standard InChI is InChI=1S/C13H23NO/c1-5-13-11(7-8-15-13)12(14-6-2)9-10(3)4/h7-8,10,12,14H,5-6,9H2,1-4H3. The first kappa shape index (κ1) is 12.3. The Morgan fingerprint density at radius 1 is 1.33 bits per heavy atom. The Hall–Kier alpha value is -0.760. The molecule has 86 valence electrons. The van der Waals surface area contributed by atoms with Crippen molar-refractivity contribution in [3.8, 4) is 0 Å². The number of hydrogen-bond donors (Lipinski definition) is 1. The van der Waals surface area contributed by atoms with Gasteiger partial charge in [-0.15, -0.1) is 0 Å². The highest BCUT2D eigenvalue weighted by atomic mass is 16.3. The summed E-state index contributed by atoms with van der Waals surface area (Å²) in [6.07, 6.45) is 3.95. The van der Waals surface area contributed by atoms with Crippen LogP contribution in [0.5, 0.6) is 0 Å². The summed E-state index contributed by atoms with van der Waals surface area (Å²) < 4.78 is 5.48. The minimum absolute atomic E-state index is 0.448. The second-order valence-electron chi connectivity index (χ2n) is 4.39. The molecule has 1 heterocycles. The first-order valence-electron chi connectivity index (χ1n) is 5.98. The van der Waals surface area contributed by atoms with E-state index in [1.807, 2.05) is 0 Å². The number of hydrogen-bond acceptors (Lipinski definition) is 2. The van der Waals surface area contributed by atoms with Gasteiger partial charge in [-0.1, -0.05) is 27.7 Å². The van der Waals surface area contributed by atoms with Crippen LogP contribution in [0.4, 0.5) is 0 Å². The summed E-state index contributed by atoms with van der Waals surface area (Å²) >= 11 is 0. The first-order valence-corrected chi connectivity index (χ1v) is 5.98. The zero-order chi connectivity index (χ0) is 11.3. The van der Waals surface area contributed by atoms with Crippen LogP contribution >= 0.6 is 0 Å². The highest BCUT2D eigenvalue weighted by Gasteiger charge is 2.16. The first-order chi connectivity index (χ1) is 7.19. The van der Waals surface area contributed by atoms with E-state index in [0.29, 0.717) is 12.0 Å². The molecule has 1 aromatic heterocycles. The predicted molar refractivity (Wildman–Crippen MR) is 64.0 cm³/mol. The molecule has 0 aliphatic carbocycles. The Labute approximate surface area is 93.1 Å². The van der Waals surface area contributed by atoms with Gasteiger partial charge in [-0.25, -0.2) is 0 Å². The van der Waals surface area contributed by atoms with Crippen LogP contribution in [0, 0.1) is 5.92 Å². The monoisotopic (exact) mass is 209 g/mol. The quantitative estimate of drug-likeness (QED) is 0.775. The molecule has 1 N–H and O–H groups in total. The minimum Gasteiger partial charge on any atom is -0.469 e. The summed E-state index contributed by atoms with van der Waals surface area (Å²) in [5.41, 5.74) is 1.34. The van der Waals surface area contributed by atoms with E-state index in [0.717, 1.165) is 18.7 Å². The van der Waals surface area contributed by atoms with Crippen LogP contribution in [0.2, 0.25) is 0 Å². The zero-order valence-corrected chi connectivity index (χ0v) is 10.3. The molecule has 1 atom stereocenters. The summed E-state index contributed by atoms with van der Waals surface area (Å²) in [6.45, 7) is 9.82. The molecule has 0 aromatic carbocycles. The Morgan fingerprint density at radius 3 is 2.60 bits per heavy atom. The van der Waals surface area contributed by atoms with Gasteiger partial charge in [0.05, 0.1) is 6.26 Å². The molecule has 1 unspecified atom stereocenters. The van der Waals surface area contributed by atoms with E-state index in [1.54, 1.807) is 6.26 Å². The van der Waals surface area contributed by atoms with Crippen molar-refractivity contribution in [1.82, 2.24) is 5.32 Å². The number of furan rings is 1. The van der Waals surface area contributed by atoms with Crippen LogP contribution in [0.25, 0.3) is 0 Å². The van der Waals surface area contributed by atoms with Crippen LogP contribution in [-0.4, -0.2) is 6.54 Å². The highest BCUT2D eigenvalue weighted by Crippen LogP contribution is 2.25. The van der Waals surface area contributed by atoms with Gasteiger partial charge >= 0.3 is 0 Å². The van der Waals surface area contributed by atoms with Gasteiger partial charge in [0.2, 0.25) is 0 Å². The summed E-state index contributed by atoms with van der Waals surface area (Å²) in [7, 11) is 0. The zero-order valence-electron chi connectivity index (χ0n) is 10.3. The van der Waals surface area contributed by atoms with Crippen molar-refractivity contribution in [2.75, 3.05) is 6.54 Å². The lowest BCUT2D eigenvalue weighted by Crippen LogP contribution is -2.22. The van der Waals surface area contributed by atoms with E-state index >= 15 is 0 Å². The molecule has 2 heteroatoms. The average molecular weight is 209 g/mol. The third-order valence-electron chi connectivity index (χ3n) is 2.63. The topological polar surface area (TPSA) is 25.2 Å². The number of aryl methyl sites for hydroxylation is 1. The summed E-state index contributed by atoms with van der Waals surface area (Å²) in [6, 6.07) is 2.55. The van der Waals surface area contributed by atoms with Crippen molar-refractivity contribution in [1.29, 1.82) is 0 Å². The Bertz CT molecular complexity index is 278. The summed E-state index contributed by atoms with van der Waals surface area (Å²) in [5.74, 6) is 1.83. The molecule has 0 bridgehead atoms. The van der Waals surface area contributed by atoms with Crippen molar-refractivity contribution in [2.24, 2.45) is 5.92 Å². The molecule has 1 aromatic rings. The van der Waals surface area contributed by atoms with Gasteiger partial charge in [-0.2, -0.15) is 0 Å². The molecule has 0 amide bonds. The fraction of sp³-hybridized carbons (Fsp3) is 0.692. The number of nitrogens with one attached hydrogen (secondary N) is 1. The fourth-order valence-corrected chi connectivity index (χ4v) is 1.99. The van der Waals surface area contributed by atoms with E-state index in [2.05, 4.69) is 39.1 Å². The molecule has 15 heavy (non-hydrogen) atoms. The molecular formula is C13H23NO. The highest BCUT2D eigenvalue weighted by molar-refractivity contribution is 5.21. The van der Waals surface area contributed by atoms with Crippen molar-refractivity contribution < 1.29 is 4.42 Å². The van der Waals surface area contributed by atoms with Crippen molar-refractivity contribution in [3.05, 3.63) is 23.7 Å². The molecule has 0 spiro atoms. The van der Waals surface area contributed by atoms with Gasteiger partial charge < -0.3 is 9.73 Å². The molecule has 0 saturated heterocycles. The minimum atomic E-state index is 0.448. The van der Waals surface area contributed by atoms with Crippen LogP contribution in [0.3, 0.4) is 0 Å². The molecule has 0 radical (unpaired) electrons. The molecule has 2 nitrogen and oxygen atoms in total. The van der Waals surface area contributed by atoms with Gasteiger partial charge in [0, 0.05) is 18.0 Å². The number of rotatable bonds is 6. The van der Waals surface area contributed by atoms with Gasteiger partial charge in [0.1, 0.15) is 5.76 Å². The maximum Gasteiger partial charge on any atom is 0.108 e. The maximum absolute atomic E-state index is 5.48. The smallest absolute Gasteiger partial charge is 0.108 e. The van der Waals surface area contributed by atoms with E-state index < -0.39 is 0 Å². The van der Waals surface area contributed by atoms with Crippen molar-refractivity contribution >= 4 is 0 Å². The SMILES string of the molecule is CCNC(CC(C)C)c1ccoc1CC. The lowest BCUT2D eigenvalue weighted by atomic mass is 9.96. The molecule has 0 aliphatic rings. The normalized spacial score (nSPS) is 13.4. The van der Waals surface area contributed by atoms with Crippen LogP contribution in [0.1, 0.15) is 51.5 Å². The maximum atomic E-state index is 5.48. The third kappa shape index (κ3) is 3.38. The summed E-state index contributed by atoms with van der Waals surface area (Å²) in [5, 5.41) is 3.53. The molecule has 0 aliphatic heterocycles. The lowest BCUT2D eigenvalue weighted by Gasteiger charge is -2.19. The van der Waals surface area contributed by atoms with E-state index in [1.165, 1.54) is 12.0 Å². The molecule has 0 fully saturated rings. The van der Waals surface area contributed by atoms with Crippen molar-refractivity contribution in [2.45, 2.75) is 46.6 Å². The van der Waals surface area contributed by atoms with Crippen LogP contribution < -0.4 is 5.32 Å². The van der Waals surface area contributed by atoms with E-state index in [4.69, 9.17) is 4.42 Å². The lowest BCUT2D eigenvalue weighted by molar-refractivity contribution is 0.425. The Kier molecular flexibility index (Phi) is 4.89. The van der Waals surface area contributed by atoms with Gasteiger partial charge in [0.25, 0.3) is 0 Å². The van der Waals surface area contributed by atoms with E-state index in [9.17, 15) is 0 Å². The fourth-order valence-electron chi connectivity index (χ4n) is 1.99. The average Bonchev–Trinajstić information content (AvgIpc) is 2.64. The third-order valence-corrected chi connectivity index (χ3v) is 2.63. The molecular weight excluding hydrogens is 186 g/mol. The van der Waals surface area contributed by atoms with Crippen molar-refractivity contribution in [3.63, 3.8) is 0 Å². The molecule has 1 rings (SSSR count).